The molecule has 3 aliphatic rings. The lowest BCUT2D eigenvalue weighted by atomic mass is 9.87. The Morgan fingerprint density at radius 1 is 1.17 bits per heavy atom. The van der Waals surface area contributed by atoms with Gasteiger partial charge >= 0.3 is 6.09 Å². The monoisotopic (exact) mass is 398 g/mol. The molecule has 0 unspecified atom stereocenters. The van der Waals surface area contributed by atoms with Gasteiger partial charge < -0.3 is 16.2 Å². The van der Waals surface area contributed by atoms with Crippen molar-refractivity contribution >= 4 is 29.4 Å². The summed E-state index contributed by atoms with van der Waals surface area (Å²) >= 11 is 0. The topological polar surface area (TPSA) is 110 Å². The number of carbonyl (C=O) groups excluding carboxylic acids is 1. The largest absolute Gasteiger partial charge is 0.443 e. The van der Waals surface area contributed by atoms with Gasteiger partial charge in [0.15, 0.2) is 0 Å². The quantitative estimate of drug-likeness (QED) is 0.755. The summed E-state index contributed by atoms with van der Waals surface area (Å²) in [5.74, 6) is 0.543. The van der Waals surface area contributed by atoms with Crippen LogP contribution in [0.25, 0.3) is 0 Å². The number of amides is 1. The first-order valence-electron chi connectivity index (χ1n) is 10.3. The molecule has 1 aliphatic carbocycles. The van der Waals surface area contributed by atoms with Crippen molar-refractivity contribution in [1.29, 1.82) is 0 Å². The molecule has 4 N–H and O–H groups in total. The molecule has 1 spiro atoms. The molecule has 2 aliphatic heterocycles. The van der Waals surface area contributed by atoms with E-state index in [1.165, 1.54) is 6.42 Å². The molecule has 0 bridgehead atoms. The van der Waals surface area contributed by atoms with E-state index in [1.54, 1.807) is 4.90 Å². The number of guanidine groups is 2. The average molecular weight is 399 g/mol. The molecule has 1 amide bonds. The van der Waals surface area contributed by atoms with Crippen molar-refractivity contribution in [3.05, 3.63) is 23.8 Å². The van der Waals surface area contributed by atoms with Gasteiger partial charge in [-0.1, -0.05) is 18.6 Å². The van der Waals surface area contributed by atoms with Gasteiger partial charge in [-0.15, -0.1) is 0 Å². The van der Waals surface area contributed by atoms with Crippen molar-refractivity contribution in [1.82, 2.24) is 0 Å². The zero-order chi connectivity index (χ0) is 20.8. The number of aliphatic imine (C=N–C) groups is 2. The number of rotatable bonds is 1. The SMILES string of the molecule is CC(C)(C)OC(=O)N1CCc2cccc(N3C(N)=NC(N)=NC34CCCCC4)c21. The lowest BCUT2D eigenvalue weighted by Crippen LogP contribution is -2.58. The second kappa shape index (κ2) is 6.93. The molecule has 0 saturated heterocycles. The van der Waals surface area contributed by atoms with Crippen LogP contribution >= 0.6 is 0 Å². The van der Waals surface area contributed by atoms with Gasteiger partial charge in [0.1, 0.15) is 11.3 Å². The number of hydrogen-bond acceptors (Lipinski definition) is 7. The van der Waals surface area contributed by atoms with E-state index in [1.807, 2.05) is 43.9 Å². The Balaban J connectivity index is 1.79. The number of carbonyl (C=O) groups is 1. The average Bonchev–Trinajstić information content (AvgIpc) is 3.05. The highest BCUT2D eigenvalue weighted by atomic mass is 16.6. The molecular weight excluding hydrogens is 368 g/mol. The maximum absolute atomic E-state index is 12.9. The zero-order valence-electron chi connectivity index (χ0n) is 17.4. The molecule has 1 fully saturated rings. The molecule has 1 saturated carbocycles. The van der Waals surface area contributed by atoms with Crippen LogP contribution in [0.1, 0.15) is 58.4 Å². The van der Waals surface area contributed by atoms with Gasteiger partial charge in [-0.05, 0) is 64.5 Å². The normalized spacial score (nSPS) is 20.9. The van der Waals surface area contributed by atoms with Gasteiger partial charge in [0.2, 0.25) is 11.9 Å². The summed E-state index contributed by atoms with van der Waals surface area (Å²) in [5, 5.41) is 0. The second-order valence-electron chi connectivity index (χ2n) is 8.99. The number of nitrogens with two attached hydrogens (primary N) is 2. The van der Waals surface area contributed by atoms with Crippen molar-refractivity contribution in [2.45, 2.75) is 70.6 Å². The van der Waals surface area contributed by atoms with Crippen LogP contribution in [0.3, 0.4) is 0 Å². The molecular formula is C21H30N6O2. The van der Waals surface area contributed by atoms with Crippen LogP contribution in [-0.2, 0) is 11.2 Å². The lowest BCUT2D eigenvalue weighted by molar-refractivity contribution is 0.0584. The number of anilines is 2. The Kier molecular flexibility index (Phi) is 4.67. The highest BCUT2D eigenvalue weighted by Crippen LogP contribution is 2.45. The molecule has 0 aromatic heterocycles. The van der Waals surface area contributed by atoms with Crippen LogP contribution in [-0.4, -0.2) is 35.8 Å². The summed E-state index contributed by atoms with van der Waals surface area (Å²) in [6, 6.07) is 6.03. The smallest absolute Gasteiger partial charge is 0.414 e. The number of ether oxygens (including phenoxy) is 1. The fourth-order valence-corrected chi connectivity index (χ4v) is 4.59. The standard InChI is InChI=1S/C21H30N6O2/c1-20(2,3)29-19(28)26-13-10-14-8-7-9-15(16(14)26)27-18(23)24-17(22)25-21(27)11-5-4-6-12-21/h7-9H,4-6,10-13H2,1-3H3,(H4,22,23,24,25). The van der Waals surface area contributed by atoms with E-state index >= 15 is 0 Å². The Morgan fingerprint density at radius 2 is 1.90 bits per heavy atom. The molecule has 0 atom stereocenters. The Morgan fingerprint density at radius 3 is 2.59 bits per heavy atom. The lowest BCUT2D eigenvalue weighted by Gasteiger charge is -2.46. The van der Waals surface area contributed by atoms with Crippen molar-refractivity contribution in [2.24, 2.45) is 21.5 Å². The number of nitrogens with zero attached hydrogens (tertiary/aromatic N) is 4. The van der Waals surface area contributed by atoms with E-state index in [-0.39, 0.29) is 12.1 Å². The Bertz CT molecular complexity index is 880. The van der Waals surface area contributed by atoms with Crippen molar-refractivity contribution in [3.8, 4) is 0 Å². The Hall–Kier alpha value is -2.77. The van der Waals surface area contributed by atoms with Crippen LogP contribution in [0.15, 0.2) is 28.2 Å². The van der Waals surface area contributed by atoms with E-state index in [0.29, 0.717) is 12.5 Å². The predicted octanol–water partition coefficient (Wildman–Crippen LogP) is 3.09. The van der Waals surface area contributed by atoms with Crippen molar-refractivity contribution in [2.75, 3.05) is 16.3 Å². The molecule has 8 heteroatoms. The first-order valence-corrected chi connectivity index (χ1v) is 10.3. The first-order chi connectivity index (χ1) is 13.7. The van der Waals surface area contributed by atoms with Crippen LogP contribution < -0.4 is 21.3 Å². The number of benzene rings is 1. The predicted molar refractivity (Wildman–Crippen MR) is 115 cm³/mol. The molecule has 0 radical (unpaired) electrons. The highest BCUT2D eigenvalue weighted by molar-refractivity contribution is 6.09. The molecule has 8 nitrogen and oxygen atoms in total. The second-order valence-corrected chi connectivity index (χ2v) is 8.99. The van der Waals surface area contributed by atoms with Gasteiger partial charge in [0.05, 0.1) is 11.4 Å². The van der Waals surface area contributed by atoms with Crippen molar-refractivity contribution < 1.29 is 9.53 Å². The third kappa shape index (κ3) is 3.52. The Labute approximate surface area is 171 Å². The van der Waals surface area contributed by atoms with E-state index < -0.39 is 11.3 Å². The van der Waals surface area contributed by atoms with Gasteiger partial charge in [-0.3, -0.25) is 9.80 Å². The number of hydrogen-bond donors (Lipinski definition) is 2. The zero-order valence-corrected chi connectivity index (χ0v) is 17.4. The third-order valence-corrected chi connectivity index (χ3v) is 5.68. The van der Waals surface area contributed by atoms with Crippen molar-refractivity contribution in [3.63, 3.8) is 0 Å². The molecule has 1 aromatic rings. The minimum Gasteiger partial charge on any atom is -0.443 e. The molecule has 2 heterocycles. The number of fused-ring (bicyclic) bond motifs is 1. The van der Waals surface area contributed by atoms with Gasteiger partial charge in [0.25, 0.3) is 0 Å². The maximum atomic E-state index is 12.9. The van der Waals surface area contributed by atoms with Gasteiger partial charge in [-0.2, -0.15) is 4.99 Å². The summed E-state index contributed by atoms with van der Waals surface area (Å²) in [6.45, 7) is 6.19. The summed E-state index contributed by atoms with van der Waals surface area (Å²) in [5.41, 5.74) is 14.1. The van der Waals surface area contributed by atoms with Crippen LogP contribution in [0.2, 0.25) is 0 Å². The third-order valence-electron chi connectivity index (χ3n) is 5.68. The van der Waals surface area contributed by atoms with E-state index in [4.69, 9.17) is 21.2 Å². The molecule has 1 aromatic carbocycles. The minimum absolute atomic E-state index is 0.220. The summed E-state index contributed by atoms with van der Waals surface area (Å²) in [4.78, 5) is 25.6. The molecule has 4 rings (SSSR count). The van der Waals surface area contributed by atoms with Crippen LogP contribution in [0.4, 0.5) is 16.2 Å². The van der Waals surface area contributed by atoms with E-state index in [2.05, 4.69) is 4.99 Å². The van der Waals surface area contributed by atoms with Gasteiger partial charge in [0, 0.05) is 6.54 Å². The van der Waals surface area contributed by atoms with E-state index in [9.17, 15) is 4.79 Å². The van der Waals surface area contributed by atoms with Gasteiger partial charge in [-0.25, -0.2) is 9.79 Å². The first kappa shape index (κ1) is 19.5. The summed E-state index contributed by atoms with van der Waals surface area (Å²) < 4.78 is 5.66. The fraction of sp³-hybridized carbons (Fsp3) is 0.571. The number of para-hydroxylation sites is 1. The van der Waals surface area contributed by atoms with Crippen LogP contribution in [0, 0.1) is 0 Å². The summed E-state index contributed by atoms with van der Waals surface area (Å²) in [7, 11) is 0. The van der Waals surface area contributed by atoms with Crippen LogP contribution in [0.5, 0.6) is 0 Å². The van der Waals surface area contributed by atoms with E-state index in [0.717, 1.165) is 49.0 Å². The minimum atomic E-state index is -0.566. The maximum Gasteiger partial charge on any atom is 0.414 e. The molecule has 156 valence electrons. The molecule has 29 heavy (non-hydrogen) atoms. The fourth-order valence-electron chi connectivity index (χ4n) is 4.59. The highest BCUT2D eigenvalue weighted by Gasteiger charge is 2.45. The summed E-state index contributed by atoms with van der Waals surface area (Å²) in [6.07, 6.45) is 5.37.